The zero-order valence-corrected chi connectivity index (χ0v) is 16.9. The molecule has 0 spiro atoms. The molecule has 1 N–H and O–H groups in total. The molecule has 0 saturated heterocycles. The molecule has 5 nitrogen and oxygen atoms in total. The van der Waals surface area contributed by atoms with Crippen molar-refractivity contribution in [2.24, 2.45) is 0 Å². The van der Waals surface area contributed by atoms with E-state index in [4.69, 9.17) is 0 Å². The summed E-state index contributed by atoms with van der Waals surface area (Å²) >= 11 is 2.19. The molecule has 3 rings (SSSR count). The Hall–Kier alpha value is -1.74. The molecule has 0 aliphatic rings. The molecule has 3 aromatic rings. The van der Waals surface area contributed by atoms with Crippen LogP contribution in [-0.2, 0) is 16.5 Å². The van der Waals surface area contributed by atoms with Gasteiger partial charge in [0.25, 0.3) is 0 Å². The van der Waals surface area contributed by atoms with Gasteiger partial charge in [-0.25, -0.2) is 8.42 Å². The predicted molar refractivity (Wildman–Crippen MR) is 110 cm³/mol. The number of anilines is 1. The number of thiol groups is 1. The lowest BCUT2D eigenvalue weighted by molar-refractivity contribution is 0.614. The second-order valence-corrected chi connectivity index (χ2v) is 8.09. The molecule has 0 fully saturated rings. The standard InChI is InChI=1S/C18H18IN3O2S/c1-11(2)20-17-15-8-7-14(9-16(15)21-22-18(17)19)13-5-3-12(4-6-13)10-25(23)24/h3-9,11,25H,10H2,1-2H3,(H,20,21). The van der Waals surface area contributed by atoms with Crippen LogP contribution in [-0.4, -0.2) is 24.7 Å². The molecular formula is C18H18IN3O2S. The van der Waals surface area contributed by atoms with Crippen molar-refractivity contribution in [1.29, 1.82) is 0 Å². The van der Waals surface area contributed by atoms with E-state index in [1.807, 2.05) is 30.3 Å². The van der Waals surface area contributed by atoms with Crippen LogP contribution < -0.4 is 5.32 Å². The Bertz CT molecular complexity index is 978. The average Bonchev–Trinajstić information content (AvgIpc) is 2.57. The van der Waals surface area contributed by atoms with Crippen molar-refractivity contribution in [1.82, 2.24) is 10.2 Å². The van der Waals surface area contributed by atoms with E-state index in [1.165, 1.54) is 0 Å². The number of aromatic nitrogens is 2. The fraction of sp³-hybridized carbons (Fsp3) is 0.222. The maximum atomic E-state index is 10.8. The summed E-state index contributed by atoms with van der Waals surface area (Å²) < 4.78 is 22.5. The Morgan fingerprint density at radius 3 is 2.36 bits per heavy atom. The van der Waals surface area contributed by atoms with E-state index < -0.39 is 10.7 Å². The first kappa shape index (κ1) is 18.1. The highest BCUT2D eigenvalue weighted by molar-refractivity contribution is 14.1. The van der Waals surface area contributed by atoms with Gasteiger partial charge in [0.05, 0.1) is 17.0 Å². The zero-order valence-electron chi connectivity index (χ0n) is 13.9. The van der Waals surface area contributed by atoms with Gasteiger partial charge in [-0.05, 0) is 65.3 Å². The number of nitrogens with zero attached hydrogens (tertiary/aromatic N) is 2. The number of hydrogen-bond acceptors (Lipinski definition) is 5. The van der Waals surface area contributed by atoms with Crippen LogP contribution in [0.2, 0.25) is 0 Å². The van der Waals surface area contributed by atoms with Crippen molar-refractivity contribution in [3.8, 4) is 11.1 Å². The van der Waals surface area contributed by atoms with E-state index in [1.54, 1.807) is 0 Å². The van der Waals surface area contributed by atoms with Crippen molar-refractivity contribution >= 4 is 49.9 Å². The van der Waals surface area contributed by atoms with Crippen molar-refractivity contribution in [3.05, 3.63) is 51.7 Å². The van der Waals surface area contributed by atoms with Gasteiger partial charge in [0.2, 0.25) is 0 Å². The van der Waals surface area contributed by atoms with Gasteiger partial charge in [0.15, 0.2) is 0 Å². The lowest BCUT2D eigenvalue weighted by Crippen LogP contribution is -2.12. The molecule has 130 valence electrons. The van der Waals surface area contributed by atoms with Gasteiger partial charge < -0.3 is 5.32 Å². The van der Waals surface area contributed by atoms with E-state index >= 15 is 0 Å². The summed E-state index contributed by atoms with van der Waals surface area (Å²) in [7, 11) is -2.40. The van der Waals surface area contributed by atoms with Crippen LogP contribution in [0.5, 0.6) is 0 Å². The van der Waals surface area contributed by atoms with Crippen LogP contribution in [0.1, 0.15) is 19.4 Å². The average molecular weight is 467 g/mol. The summed E-state index contributed by atoms with van der Waals surface area (Å²) in [5.74, 6) is 0.0709. The van der Waals surface area contributed by atoms with Crippen LogP contribution >= 0.6 is 22.6 Å². The maximum Gasteiger partial charge on any atom is 0.147 e. The first-order chi connectivity index (χ1) is 11.9. The summed E-state index contributed by atoms with van der Waals surface area (Å²) in [5.41, 5.74) is 4.66. The Labute approximate surface area is 162 Å². The Balaban J connectivity index is 2.00. The molecular weight excluding hydrogens is 449 g/mol. The van der Waals surface area contributed by atoms with Crippen molar-refractivity contribution in [3.63, 3.8) is 0 Å². The number of fused-ring (bicyclic) bond motifs is 1. The molecule has 25 heavy (non-hydrogen) atoms. The molecule has 0 aliphatic heterocycles. The van der Waals surface area contributed by atoms with Gasteiger partial charge in [-0.3, -0.25) is 0 Å². The lowest BCUT2D eigenvalue weighted by atomic mass is 10.0. The topological polar surface area (TPSA) is 72.0 Å². The minimum absolute atomic E-state index is 0.0709. The van der Waals surface area contributed by atoms with Crippen molar-refractivity contribution in [2.45, 2.75) is 25.6 Å². The van der Waals surface area contributed by atoms with E-state index in [2.05, 4.69) is 64.1 Å². The number of hydrogen-bond donors (Lipinski definition) is 2. The molecule has 7 heteroatoms. The van der Waals surface area contributed by atoms with Gasteiger partial charge in [-0.2, -0.15) is 0 Å². The van der Waals surface area contributed by atoms with Gasteiger partial charge in [-0.1, -0.05) is 30.3 Å². The lowest BCUT2D eigenvalue weighted by Gasteiger charge is -2.14. The Morgan fingerprint density at radius 2 is 1.72 bits per heavy atom. The van der Waals surface area contributed by atoms with Crippen LogP contribution in [0, 0.1) is 3.70 Å². The third-order valence-corrected chi connectivity index (χ3v) is 5.13. The fourth-order valence-corrected chi connectivity index (χ4v) is 3.70. The van der Waals surface area contributed by atoms with Gasteiger partial charge in [0, 0.05) is 11.4 Å². The molecule has 1 aromatic heterocycles. The first-order valence-corrected chi connectivity index (χ1v) is 10.3. The Morgan fingerprint density at radius 1 is 1.04 bits per heavy atom. The number of rotatable bonds is 5. The number of nitrogens with one attached hydrogen (secondary N) is 1. The van der Waals surface area contributed by atoms with Crippen LogP contribution in [0.3, 0.4) is 0 Å². The summed E-state index contributed by atoms with van der Waals surface area (Å²) in [6, 6.07) is 14.0. The highest BCUT2D eigenvalue weighted by Gasteiger charge is 2.11. The summed E-state index contributed by atoms with van der Waals surface area (Å²) in [4.78, 5) is 0. The first-order valence-electron chi connectivity index (χ1n) is 7.87. The molecule has 0 amide bonds. The van der Waals surface area contributed by atoms with E-state index in [0.29, 0.717) is 6.04 Å². The van der Waals surface area contributed by atoms with Gasteiger partial charge in [0.1, 0.15) is 14.4 Å². The largest absolute Gasteiger partial charge is 0.380 e. The molecule has 0 unspecified atom stereocenters. The van der Waals surface area contributed by atoms with Crippen LogP contribution in [0.4, 0.5) is 5.69 Å². The zero-order chi connectivity index (χ0) is 18.0. The third kappa shape index (κ3) is 4.27. The Kier molecular flexibility index (Phi) is 5.53. The monoisotopic (exact) mass is 467 g/mol. The molecule has 0 bridgehead atoms. The van der Waals surface area contributed by atoms with E-state index in [0.717, 1.165) is 37.0 Å². The normalized spacial score (nSPS) is 11.4. The number of benzene rings is 2. The number of halogens is 1. The van der Waals surface area contributed by atoms with E-state index in [9.17, 15) is 8.42 Å². The highest BCUT2D eigenvalue weighted by atomic mass is 127. The predicted octanol–water partition coefficient (Wildman–Crippen LogP) is 3.83. The van der Waals surface area contributed by atoms with Crippen LogP contribution in [0.15, 0.2) is 42.5 Å². The van der Waals surface area contributed by atoms with Gasteiger partial charge >= 0.3 is 0 Å². The second kappa shape index (κ2) is 7.65. The van der Waals surface area contributed by atoms with Crippen molar-refractivity contribution < 1.29 is 8.42 Å². The highest BCUT2D eigenvalue weighted by Crippen LogP contribution is 2.30. The summed E-state index contributed by atoms with van der Waals surface area (Å²) in [6.45, 7) is 4.18. The second-order valence-electron chi connectivity index (χ2n) is 6.08. The fourth-order valence-electron chi connectivity index (χ4n) is 2.64. The maximum absolute atomic E-state index is 10.8. The minimum atomic E-state index is -2.40. The molecule has 0 aliphatic carbocycles. The molecule has 0 atom stereocenters. The third-order valence-electron chi connectivity index (χ3n) is 3.75. The molecule has 0 saturated carbocycles. The SMILES string of the molecule is CC(C)Nc1c(I)nnc2cc(-c3ccc(C[SH](=O)=O)cc3)ccc12. The summed E-state index contributed by atoms with van der Waals surface area (Å²) in [6.07, 6.45) is 0. The van der Waals surface area contributed by atoms with Crippen LogP contribution in [0.25, 0.3) is 22.0 Å². The molecule has 0 radical (unpaired) electrons. The van der Waals surface area contributed by atoms with E-state index in [-0.39, 0.29) is 5.75 Å². The summed E-state index contributed by atoms with van der Waals surface area (Å²) in [5, 5.41) is 13.0. The quantitative estimate of drug-likeness (QED) is 0.441. The van der Waals surface area contributed by atoms with Crippen molar-refractivity contribution in [2.75, 3.05) is 5.32 Å². The smallest absolute Gasteiger partial charge is 0.147 e. The molecule has 1 heterocycles. The molecule has 2 aromatic carbocycles. The minimum Gasteiger partial charge on any atom is -0.380 e. The van der Waals surface area contributed by atoms with Gasteiger partial charge in [-0.15, -0.1) is 10.2 Å².